The van der Waals surface area contributed by atoms with Crippen molar-refractivity contribution in [3.8, 4) is 11.5 Å². The molecule has 0 aromatic heterocycles. The van der Waals surface area contributed by atoms with Gasteiger partial charge in [0.1, 0.15) is 0 Å². The molecule has 1 unspecified atom stereocenters. The van der Waals surface area contributed by atoms with Crippen LogP contribution in [-0.4, -0.2) is 44.3 Å². The minimum absolute atomic E-state index is 0.430. The van der Waals surface area contributed by atoms with Crippen molar-refractivity contribution >= 4 is 0 Å². The summed E-state index contributed by atoms with van der Waals surface area (Å²) in [6, 6.07) is 6.79. The summed E-state index contributed by atoms with van der Waals surface area (Å²) in [4.78, 5) is 2.51. The SMILES string of the molecule is CC(c1ccc2c(c1)OCCCO2)N1CCNCC1. The predicted octanol–water partition coefficient (Wildman–Crippen LogP) is 1.81. The van der Waals surface area contributed by atoms with E-state index >= 15 is 0 Å². The molecule has 0 radical (unpaired) electrons. The molecule has 1 aromatic rings. The van der Waals surface area contributed by atoms with Crippen molar-refractivity contribution in [1.82, 2.24) is 10.2 Å². The Bertz CT molecular complexity index is 430. The van der Waals surface area contributed by atoms with Crippen molar-refractivity contribution < 1.29 is 9.47 Å². The number of nitrogens with zero attached hydrogens (tertiary/aromatic N) is 1. The Morgan fingerprint density at radius 2 is 1.84 bits per heavy atom. The normalized spacial score (nSPS) is 21.7. The van der Waals surface area contributed by atoms with E-state index in [4.69, 9.17) is 9.47 Å². The number of nitrogens with one attached hydrogen (secondary N) is 1. The second kappa shape index (κ2) is 5.80. The summed E-state index contributed by atoms with van der Waals surface area (Å²) in [6.07, 6.45) is 0.956. The summed E-state index contributed by atoms with van der Waals surface area (Å²) in [7, 11) is 0. The highest BCUT2D eigenvalue weighted by Crippen LogP contribution is 2.33. The maximum Gasteiger partial charge on any atom is 0.161 e. The van der Waals surface area contributed by atoms with Gasteiger partial charge in [-0.15, -0.1) is 0 Å². The van der Waals surface area contributed by atoms with Crippen LogP contribution in [0.1, 0.15) is 24.9 Å². The van der Waals surface area contributed by atoms with E-state index < -0.39 is 0 Å². The summed E-state index contributed by atoms with van der Waals surface area (Å²) < 4.78 is 11.5. The average molecular weight is 262 g/mol. The molecule has 19 heavy (non-hydrogen) atoms. The molecule has 2 heterocycles. The van der Waals surface area contributed by atoms with Crippen LogP contribution >= 0.6 is 0 Å². The molecule has 2 aliphatic rings. The van der Waals surface area contributed by atoms with Crippen LogP contribution in [0.4, 0.5) is 0 Å². The van der Waals surface area contributed by atoms with Crippen LogP contribution in [-0.2, 0) is 0 Å². The maximum atomic E-state index is 5.77. The number of fused-ring (bicyclic) bond motifs is 1. The molecule has 1 fully saturated rings. The van der Waals surface area contributed by atoms with Crippen molar-refractivity contribution in [2.24, 2.45) is 0 Å². The molecule has 104 valence electrons. The molecule has 4 nitrogen and oxygen atoms in total. The van der Waals surface area contributed by atoms with E-state index in [9.17, 15) is 0 Å². The van der Waals surface area contributed by atoms with Gasteiger partial charge in [-0.05, 0) is 24.6 Å². The Morgan fingerprint density at radius 3 is 2.63 bits per heavy atom. The maximum absolute atomic E-state index is 5.77. The van der Waals surface area contributed by atoms with Crippen LogP contribution in [0.2, 0.25) is 0 Å². The zero-order chi connectivity index (χ0) is 13.1. The van der Waals surface area contributed by atoms with Crippen LogP contribution in [0.15, 0.2) is 18.2 Å². The Labute approximate surface area is 114 Å². The molecule has 0 bridgehead atoms. The molecule has 0 amide bonds. The second-order valence-electron chi connectivity index (χ2n) is 5.22. The van der Waals surface area contributed by atoms with Gasteiger partial charge in [0.05, 0.1) is 13.2 Å². The lowest BCUT2D eigenvalue weighted by Crippen LogP contribution is -2.44. The zero-order valence-electron chi connectivity index (χ0n) is 11.5. The van der Waals surface area contributed by atoms with Gasteiger partial charge in [0.25, 0.3) is 0 Å². The highest BCUT2D eigenvalue weighted by atomic mass is 16.5. The van der Waals surface area contributed by atoms with Gasteiger partial charge >= 0.3 is 0 Å². The lowest BCUT2D eigenvalue weighted by atomic mass is 10.1. The molecule has 2 aliphatic heterocycles. The molecule has 1 N–H and O–H groups in total. The lowest BCUT2D eigenvalue weighted by molar-refractivity contribution is 0.185. The molecule has 0 spiro atoms. The highest BCUT2D eigenvalue weighted by molar-refractivity contribution is 5.44. The van der Waals surface area contributed by atoms with Gasteiger partial charge in [0.2, 0.25) is 0 Å². The first-order valence-corrected chi connectivity index (χ1v) is 7.19. The number of ether oxygens (including phenoxy) is 2. The largest absolute Gasteiger partial charge is 0.490 e. The van der Waals surface area contributed by atoms with E-state index in [1.807, 2.05) is 0 Å². The third-order valence-corrected chi connectivity index (χ3v) is 3.95. The quantitative estimate of drug-likeness (QED) is 0.881. The number of benzene rings is 1. The zero-order valence-corrected chi connectivity index (χ0v) is 11.5. The first-order chi connectivity index (χ1) is 9.34. The van der Waals surface area contributed by atoms with Crippen LogP contribution in [0.3, 0.4) is 0 Å². The number of hydrogen-bond acceptors (Lipinski definition) is 4. The fourth-order valence-electron chi connectivity index (χ4n) is 2.72. The summed E-state index contributed by atoms with van der Waals surface area (Å²) in [5.74, 6) is 1.78. The van der Waals surface area contributed by atoms with Crippen LogP contribution in [0, 0.1) is 0 Å². The third kappa shape index (κ3) is 2.85. The summed E-state index contributed by atoms with van der Waals surface area (Å²) in [5.41, 5.74) is 1.31. The fourth-order valence-corrected chi connectivity index (χ4v) is 2.72. The molecule has 1 aromatic carbocycles. The van der Waals surface area contributed by atoms with Crippen LogP contribution in [0.25, 0.3) is 0 Å². The van der Waals surface area contributed by atoms with Gasteiger partial charge in [-0.25, -0.2) is 0 Å². The molecule has 0 aliphatic carbocycles. The van der Waals surface area contributed by atoms with Gasteiger partial charge in [-0.2, -0.15) is 0 Å². The molecular weight excluding hydrogens is 240 g/mol. The average Bonchev–Trinajstić information content (AvgIpc) is 2.72. The van der Waals surface area contributed by atoms with Crippen molar-refractivity contribution in [2.45, 2.75) is 19.4 Å². The Morgan fingerprint density at radius 1 is 1.11 bits per heavy atom. The summed E-state index contributed by atoms with van der Waals surface area (Å²) in [5, 5.41) is 3.39. The van der Waals surface area contributed by atoms with Crippen LogP contribution in [0.5, 0.6) is 11.5 Å². The van der Waals surface area contributed by atoms with Crippen molar-refractivity contribution in [3.63, 3.8) is 0 Å². The topological polar surface area (TPSA) is 33.7 Å². The van der Waals surface area contributed by atoms with E-state index in [1.54, 1.807) is 0 Å². The highest BCUT2D eigenvalue weighted by Gasteiger charge is 2.20. The Balaban J connectivity index is 1.78. The fraction of sp³-hybridized carbons (Fsp3) is 0.600. The molecule has 0 saturated carbocycles. The van der Waals surface area contributed by atoms with Gasteiger partial charge in [-0.1, -0.05) is 6.07 Å². The number of hydrogen-bond donors (Lipinski definition) is 1. The standard InChI is InChI=1S/C15H22N2O2/c1-12(17-7-5-16-6-8-17)13-3-4-14-15(11-13)19-10-2-9-18-14/h3-4,11-12,16H,2,5-10H2,1H3. The van der Waals surface area contributed by atoms with E-state index in [0.717, 1.165) is 57.3 Å². The van der Waals surface area contributed by atoms with Crippen molar-refractivity contribution in [2.75, 3.05) is 39.4 Å². The Kier molecular flexibility index (Phi) is 3.89. The van der Waals surface area contributed by atoms with E-state index in [2.05, 4.69) is 35.3 Å². The first-order valence-electron chi connectivity index (χ1n) is 7.19. The minimum Gasteiger partial charge on any atom is -0.490 e. The minimum atomic E-state index is 0.430. The van der Waals surface area contributed by atoms with Crippen LogP contribution < -0.4 is 14.8 Å². The second-order valence-corrected chi connectivity index (χ2v) is 5.22. The monoisotopic (exact) mass is 262 g/mol. The van der Waals surface area contributed by atoms with Gasteiger partial charge in [0.15, 0.2) is 11.5 Å². The lowest BCUT2D eigenvalue weighted by Gasteiger charge is -2.33. The summed E-state index contributed by atoms with van der Waals surface area (Å²) >= 11 is 0. The Hall–Kier alpha value is -1.26. The smallest absolute Gasteiger partial charge is 0.161 e. The third-order valence-electron chi connectivity index (χ3n) is 3.95. The first kappa shape index (κ1) is 12.8. The molecular formula is C15H22N2O2. The summed E-state index contributed by atoms with van der Waals surface area (Å²) in [6.45, 7) is 8.14. The number of piperazine rings is 1. The predicted molar refractivity (Wildman–Crippen MR) is 74.9 cm³/mol. The molecule has 1 saturated heterocycles. The molecule has 3 rings (SSSR count). The molecule has 1 atom stereocenters. The molecule has 4 heteroatoms. The van der Waals surface area contributed by atoms with Crippen molar-refractivity contribution in [3.05, 3.63) is 23.8 Å². The van der Waals surface area contributed by atoms with Gasteiger partial charge in [0, 0.05) is 38.6 Å². The van der Waals surface area contributed by atoms with E-state index in [0.29, 0.717) is 6.04 Å². The van der Waals surface area contributed by atoms with E-state index in [1.165, 1.54) is 5.56 Å². The van der Waals surface area contributed by atoms with Gasteiger partial charge < -0.3 is 14.8 Å². The number of rotatable bonds is 2. The van der Waals surface area contributed by atoms with E-state index in [-0.39, 0.29) is 0 Å². The van der Waals surface area contributed by atoms with Gasteiger partial charge in [-0.3, -0.25) is 4.90 Å². The van der Waals surface area contributed by atoms with Crippen molar-refractivity contribution in [1.29, 1.82) is 0 Å².